The molecule has 2 aromatic carbocycles. The van der Waals surface area contributed by atoms with Crippen LogP contribution in [-0.4, -0.2) is 23.0 Å². The topological polar surface area (TPSA) is 67.0 Å². The smallest absolute Gasteiger partial charge is 0.261 e. The second-order valence-electron chi connectivity index (χ2n) is 5.17. The van der Waals surface area contributed by atoms with Crippen molar-refractivity contribution < 1.29 is 9.53 Å². The molecule has 5 nitrogen and oxygen atoms in total. The van der Waals surface area contributed by atoms with Crippen molar-refractivity contribution in [3.63, 3.8) is 0 Å². The van der Waals surface area contributed by atoms with E-state index >= 15 is 0 Å². The van der Waals surface area contributed by atoms with Crippen LogP contribution in [0.2, 0.25) is 0 Å². The highest BCUT2D eigenvalue weighted by molar-refractivity contribution is 6.05. The van der Waals surface area contributed by atoms with Crippen LogP contribution < -0.4 is 10.1 Å². The van der Waals surface area contributed by atoms with E-state index in [9.17, 15) is 4.79 Å². The van der Waals surface area contributed by atoms with Crippen LogP contribution in [0.4, 0.5) is 5.95 Å². The lowest BCUT2D eigenvalue weighted by atomic mass is 10.1. The predicted octanol–water partition coefficient (Wildman–Crippen LogP) is 3.65. The summed E-state index contributed by atoms with van der Waals surface area (Å²) < 4.78 is 5.20. The summed E-state index contributed by atoms with van der Waals surface area (Å²) in [7, 11) is 1.54. The molecule has 0 aliphatic rings. The van der Waals surface area contributed by atoms with Crippen LogP contribution in [0.15, 0.2) is 54.7 Å². The van der Waals surface area contributed by atoms with Crippen molar-refractivity contribution in [2.75, 3.05) is 12.4 Å². The number of amides is 1. The fourth-order valence-corrected chi connectivity index (χ4v) is 2.27. The SMILES string of the molecule is COc1ccccc1C(=O)Nc1ncc(-c2ccc(C)cc2)[nH]1. The maximum atomic E-state index is 12.3. The van der Waals surface area contributed by atoms with Crippen LogP contribution in [0.25, 0.3) is 11.3 Å². The Morgan fingerprint density at radius 1 is 1.13 bits per heavy atom. The number of carbonyl (C=O) groups is 1. The van der Waals surface area contributed by atoms with Gasteiger partial charge in [-0.25, -0.2) is 4.98 Å². The Hall–Kier alpha value is -3.08. The van der Waals surface area contributed by atoms with Crippen molar-refractivity contribution in [1.82, 2.24) is 9.97 Å². The van der Waals surface area contributed by atoms with E-state index in [0.717, 1.165) is 11.3 Å². The van der Waals surface area contributed by atoms with Crippen LogP contribution >= 0.6 is 0 Å². The lowest BCUT2D eigenvalue weighted by Gasteiger charge is -2.07. The van der Waals surface area contributed by atoms with Crippen molar-refractivity contribution in [1.29, 1.82) is 0 Å². The number of imidazole rings is 1. The third-order valence-electron chi connectivity index (χ3n) is 3.52. The zero-order chi connectivity index (χ0) is 16.2. The number of hydrogen-bond acceptors (Lipinski definition) is 3. The summed E-state index contributed by atoms with van der Waals surface area (Å²) in [5.41, 5.74) is 3.52. The Balaban J connectivity index is 1.79. The van der Waals surface area contributed by atoms with E-state index in [2.05, 4.69) is 15.3 Å². The molecular formula is C18H17N3O2. The van der Waals surface area contributed by atoms with Crippen LogP contribution in [0.5, 0.6) is 5.75 Å². The van der Waals surface area contributed by atoms with Crippen molar-refractivity contribution >= 4 is 11.9 Å². The van der Waals surface area contributed by atoms with E-state index in [0.29, 0.717) is 17.3 Å². The summed E-state index contributed by atoms with van der Waals surface area (Å²) in [4.78, 5) is 19.6. The van der Waals surface area contributed by atoms with Gasteiger partial charge >= 0.3 is 0 Å². The van der Waals surface area contributed by atoms with Gasteiger partial charge in [0.25, 0.3) is 5.91 Å². The second-order valence-corrected chi connectivity index (χ2v) is 5.17. The number of aryl methyl sites for hydroxylation is 1. The normalized spacial score (nSPS) is 10.3. The van der Waals surface area contributed by atoms with Crippen molar-refractivity contribution in [3.8, 4) is 17.0 Å². The first kappa shape index (κ1) is 14.8. The van der Waals surface area contributed by atoms with Crippen molar-refractivity contribution in [2.24, 2.45) is 0 Å². The number of anilines is 1. The van der Waals surface area contributed by atoms with Crippen LogP contribution in [0.1, 0.15) is 15.9 Å². The highest BCUT2D eigenvalue weighted by atomic mass is 16.5. The molecule has 0 saturated carbocycles. The molecule has 5 heteroatoms. The minimum absolute atomic E-state index is 0.271. The number of ether oxygens (including phenoxy) is 1. The molecule has 1 amide bonds. The first-order chi connectivity index (χ1) is 11.2. The highest BCUT2D eigenvalue weighted by Gasteiger charge is 2.13. The predicted molar refractivity (Wildman–Crippen MR) is 89.7 cm³/mol. The number of aromatic amines is 1. The van der Waals surface area contributed by atoms with E-state index in [-0.39, 0.29) is 5.91 Å². The van der Waals surface area contributed by atoms with Gasteiger partial charge in [-0.1, -0.05) is 42.0 Å². The van der Waals surface area contributed by atoms with Crippen LogP contribution in [-0.2, 0) is 0 Å². The molecule has 0 aliphatic heterocycles. The standard InChI is InChI=1S/C18H17N3O2/c1-12-7-9-13(10-8-12)15-11-19-18(20-15)21-17(22)14-5-3-4-6-16(14)23-2/h3-11H,1-2H3,(H2,19,20,21,22). The number of benzene rings is 2. The molecule has 0 atom stereocenters. The van der Waals surface area contributed by atoms with Crippen molar-refractivity contribution in [2.45, 2.75) is 6.92 Å². The van der Waals surface area contributed by atoms with Gasteiger partial charge in [-0.05, 0) is 24.6 Å². The van der Waals surface area contributed by atoms with Gasteiger partial charge in [-0.2, -0.15) is 0 Å². The number of nitrogens with zero attached hydrogens (tertiary/aromatic N) is 1. The number of hydrogen-bond donors (Lipinski definition) is 2. The number of H-pyrrole nitrogens is 1. The van der Waals surface area contributed by atoms with Crippen LogP contribution in [0.3, 0.4) is 0 Å². The lowest BCUT2D eigenvalue weighted by Crippen LogP contribution is -2.14. The molecule has 0 unspecified atom stereocenters. The number of para-hydroxylation sites is 1. The fraction of sp³-hybridized carbons (Fsp3) is 0.111. The molecule has 2 N–H and O–H groups in total. The number of aromatic nitrogens is 2. The second kappa shape index (κ2) is 6.36. The third kappa shape index (κ3) is 3.23. The molecule has 3 rings (SSSR count). The molecule has 0 aliphatic carbocycles. The number of rotatable bonds is 4. The van der Waals surface area contributed by atoms with Crippen molar-refractivity contribution in [3.05, 3.63) is 65.9 Å². The number of carbonyl (C=O) groups excluding carboxylic acids is 1. The Bertz CT molecular complexity index is 822. The molecule has 0 radical (unpaired) electrons. The summed E-state index contributed by atoms with van der Waals surface area (Å²) >= 11 is 0. The molecule has 0 saturated heterocycles. The Kier molecular flexibility index (Phi) is 4.10. The minimum Gasteiger partial charge on any atom is -0.496 e. The molecule has 23 heavy (non-hydrogen) atoms. The monoisotopic (exact) mass is 307 g/mol. The fourth-order valence-electron chi connectivity index (χ4n) is 2.27. The zero-order valence-electron chi connectivity index (χ0n) is 13.0. The zero-order valence-corrected chi connectivity index (χ0v) is 13.0. The minimum atomic E-state index is -0.271. The first-order valence-electron chi connectivity index (χ1n) is 7.24. The first-order valence-corrected chi connectivity index (χ1v) is 7.24. The maximum Gasteiger partial charge on any atom is 0.261 e. The summed E-state index contributed by atoms with van der Waals surface area (Å²) in [6, 6.07) is 15.1. The maximum absolute atomic E-state index is 12.3. The van der Waals surface area contributed by atoms with Gasteiger partial charge in [-0.15, -0.1) is 0 Å². The highest BCUT2D eigenvalue weighted by Crippen LogP contribution is 2.21. The molecule has 1 heterocycles. The summed E-state index contributed by atoms with van der Waals surface area (Å²) in [6.45, 7) is 2.04. The van der Waals surface area contributed by atoms with E-state index in [1.807, 2.05) is 37.3 Å². The quantitative estimate of drug-likeness (QED) is 0.773. The molecule has 0 bridgehead atoms. The summed E-state index contributed by atoms with van der Waals surface area (Å²) in [5, 5.41) is 2.75. The van der Waals surface area contributed by atoms with Gasteiger partial charge in [0.15, 0.2) is 0 Å². The summed E-state index contributed by atoms with van der Waals surface area (Å²) in [6.07, 6.45) is 1.70. The van der Waals surface area contributed by atoms with E-state index in [1.54, 1.807) is 24.4 Å². The van der Waals surface area contributed by atoms with Gasteiger partial charge in [-0.3, -0.25) is 10.1 Å². The van der Waals surface area contributed by atoms with Crippen LogP contribution in [0, 0.1) is 6.92 Å². The third-order valence-corrected chi connectivity index (χ3v) is 3.52. The summed E-state index contributed by atoms with van der Waals surface area (Å²) in [5.74, 6) is 0.652. The van der Waals surface area contributed by atoms with E-state index in [4.69, 9.17) is 4.74 Å². The molecular weight excluding hydrogens is 290 g/mol. The molecule has 1 aromatic heterocycles. The van der Waals surface area contributed by atoms with Gasteiger partial charge in [0.05, 0.1) is 24.6 Å². The lowest BCUT2D eigenvalue weighted by molar-refractivity contribution is 0.102. The molecule has 0 fully saturated rings. The van der Waals surface area contributed by atoms with E-state index < -0.39 is 0 Å². The molecule has 3 aromatic rings. The van der Waals surface area contributed by atoms with Gasteiger partial charge in [0, 0.05) is 0 Å². The largest absolute Gasteiger partial charge is 0.496 e. The Labute approximate surface area is 134 Å². The van der Waals surface area contributed by atoms with Gasteiger partial charge in [0.1, 0.15) is 5.75 Å². The van der Waals surface area contributed by atoms with Gasteiger partial charge < -0.3 is 9.72 Å². The van der Waals surface area contributed by atoms with Gasteiger partial charge in [0.2, 0.25) is 5.95 Å². The number of nitrogens with one attached hydrogen (secondary N) is 2. The Morgan fingerprint density at radius 3 is 2.61 bits per heavy atom. The molecule has 0 spiro atoms. The molecule has 116 valence electrons. The Morgan fingerprint density at radius 2 is 1.87 bits per heavy atom. The average Bonchev–Trinajstić information content (AvgIpc) is 3.04. The number of methoxy groups -OCH3 is 1. The van der Waals surface area contributed by atoms with E-state index in [1.165, 1.54) is 12.7 Å². The average molecular weight is 307 g/mol.